The number of halogens is 1. The van der Waals surface area contributed by atoms with Gasteiger partial charge < -0.3 is 10.1 Å². The topological polar surface area (TPSA) is 38.3 Å². The highest BCUT2D eigenvalue weighted by Crippen LogP contribution is 2.30. The summed E-state index contributed by atoms with van der Waals surface area (Å²) in [5, 5.41) is 3.60. The first-order chi connectivity index (χ1) is 13.5. The summed E-state index contributed by atoms with van der Waals surface area (Å²) in [7, 11) is 0. The van der Waals surface area contributed by atoms with Crippen LogP contribution in [0.3, 0.4) is 0 Å². The highest BCUT2D eigenvalue weighted by atomic mass is 35.5. The van der Waals surface area contributed by atoms with Gasteiger partial charge in [-0.05, 0) is 61.4 Å². The number of amides is 1. The van der Waals surface area contributed by atoms with Gasteiger partial charge in [0.2, 0.25) is 5.91 Å². The molecule has 4 heteroatoms. The molecular weight excluding hydrogens is 370 g/mol. The molecule has 3 rings (SSSR count). The summed E-state index contributed by atoms with van der Waals surface area (Å²) in [5.41, 5.74) is 2.92. The van der Waals surface area contributed by atoms with Crippen molar-refractivity contribution in [2.45, 2.75) is 32.3 Å². The fourth-order valence-corrected chi connectivity index (χ4v) is 3.22. The number of nitrogens with one attached hydrogen (secondary N) is 1. The van der Waals surface area contributed by atoms with Crippen LogP contribution in [-0.4, -0.2) is 12.0 Å². The molecule has 0 aliphatic carbocycles. The van der Waals surface area contributed by atoms with E-state index >= 15 is 0 Å². The molecule has 0 bridgehead atoms. The van der Waals surface area contributed by atoms with Gasteiger partial charge in [0.05, 0.1) is 6.10 Å². The van der Waals surface area contributed by atoms with Crippen molar-refractivity contribution in [3.05, 3.63) is 95.0 Å². The minimum absolute atomic E-state index is 0.0402. The number of hydrogen-bond donors (Lipinski definition) is 1. The molecule has 1 atom stereocenters. The van der Waals surface area contributed by atoms with E-state index in [-0.39, 0.29) is 17.9 Å². The molecule has 0 aliphatic heterocycles. The quantitative estimate of drug-likeness (QED) is 0.512. The van der Waals surface area contributed by atoms with Crippen LogP contribution in [-0.2, 0) is 4.79 Å². The highest BCUT2D eigenvalue weighted by Gasteiger charge is 2.18. The van der Waals surface area contributed by atoms with Gasteiger partial charge in [0.15, 0.2) is 0 Å². The minimum atomic E-state index is -0.0429. The van der Waals surface area contributed by atoms with Crippen LogP contribution in [0.2, 0.25) is 5.02 Å². The fraction of sp³-hybridized carbons (Fsp3) is 0.208. The zero-order valence-electron chi connectivity index (χ0n) is 16.1. The van der Waals surface area contributed by atoms with Gasteiger partial charge in [0, 0.05) is 23.0 Å². The van der Waals surface area contributed by atoms with Crippen LogP contribution in [0.4, 0.5) is 5.69 Å². The molecule has 0 aromatic heterocycles. The molecule has 28 heavy (non-hydrogen) atoms. The van der Waals surface area contributed by atoms with Crippen molar-refractivity contribution in [2.24, 2.45) is 0 Å². The maximum atomic E-state index is 12.7. The number of ether oxygens (including phenoxy) is 1. The first-order valence-electron chi connectivity index (χ1n) is 9.38. The summed E-state index contributed by atoms with van der Waals surface area (Å²) in [6.07, 6.45) is 0.470. The summed E-state index contributed by atoms with van der Waals surface area (Å²) >= 11 is 5.91. The van der Waals surface area contributed by atoms with Crippen molar-refractivity contribution < 1.29 is 9.53 Å². The fourth-order valence-electron chi connectivity index (χ4n) is 3.10. The van der Waals surface area contributed by atoms with Crippen molar-refractivity contribution in [1.29, 1.82) is 0 Å². The molecule has 0 heterocycles. The Hall–Kier alpha value is -2.78. The second-order valence-electron chi connectivity index (χ2n) is 6.96. The molecule has 1 amide bonds. The Morgan fingerprint density at radius 2 is 1.50 bits per heavy atom. The lowest BCUT2D eigenvalue weighted by molar-refractivity contribution is -0.116. The van der Waals surface area contributed by atoms with Gasteiger partial charge in [0.1, 0.15) is 5.75 Å². The third-order valence-electron chi connectivity index (χ3n) is 4.37. The van der Waals surface area contributed by atoms with E-state index in [0.29, 0.717) is 11.4 Å². The average Bonchev–Trinajstić information content (AvgIpc) is 2.69. The van der Waals surface area contributed by atoms with Crippen LogP contribution >= 0.6 is 11.6 Å². The number of carbonyl (C=O) groups is 1. The monoisotopic (exact) mass is 393 g/mol. The summed E-state index contributed by atoms with van der Waals surface area (Å²) in [6, 6.07) is 25.2. The number of anilines is 1. The highest BCUT2D eigenvalue weighted by molar-refractivity contribution is 6.30. The Morgan fingerprint density at radius 3 is 2.11 bits per heavy atom. The molecule has 0 spiro atoms. The summed E-state index contributed by atoms with van der Waals surface area (Å²) in [6.45, 7) is 4.00. The summed E-state index contributed by atoms with van der Waals surface area (Å²) in [5.74, 6) is 0.747. The molecule has 0 aliphatic rings. The van der Waals surface area contributed by atoms with Crippen LogP contribution in [0, 0.1) is 0 Å². The van der Waals surface area contributed by atoms with E-state index in [1.54, 1.807) is 24.3 Å². The lowest BCUT2D eigenvalue weighted by atomic mass is 9.88. The van der Waals surface area contributed by atoms with E-state index in [4.69, 9.17) is 16.3 Å². The van der Waals surface area contributed by atoms with Crippen LogP contribution < -0.4 is 10.1 Å². The normalized spacial score (nSPS) is 11.9. The molecule has 0 radical (unpaired) electrons. The van der Waals surface area contributed by atoms with E-state index in [2.05, 4.69) is 17.4 Å². The van der Waals surface area contributed by atoms with Gasteiger partial charge in [-0.2, -0.15) is 0 Å². The molecular formula is C24H24ClNO2. The van der Waals surface area contributed by atoms with Gasteiger partial charge >= 0.3 is 0 Å². The molecule has 1 N–H and O–H groups in total. The maximum Gasteiger partial charge on any atom is 0.225 e. The molecule has 3 aromatic carbocycles. The van der Waals surface area contributed by atoms with E-state index in [1.165, 1.54) is 0 Å². The number of carbonyl (C=O) groups excluding carboxylic acids is 1. The van der Waals surface area contributed by atoms with Crippen LogP contribution in [0.1, 0.15) is 37.3 Å². The molecule has 0 fully saturated rings. The molecule has 144 valence electrons. The summed E-state index contributed by atoms with van der Waals surface area (Å²) in [4.78, 5) is 12.7. The Labute approximate surface area is 171 Å². The minimum Gasteiger partial charge on any atom is -0.491 e. The van der Waals surface area contributed by atoms with Crippen molar-refractivity contribution in [2.75, 3.05) is 5.32 Å². The van der Waals surface area contributed by atoms with Gasteiger partial charge in [0.25, 0.3) is 0 Å². The maximum absolute atomic E-state index is 12.7. The first-order valence-corrected chi connectivity index (χ1v) is 9.76. The summed E-state index contributed by atoms with van der Waals surface area (Å²) < 4.78 is 5.73. The predicted octanol–water partition coefficient (Wildman–Crippen LogP) is 6.29. The van der Waals surface area contributed by atoms with E-state index < -0.39 is 0 Å². The lowest BCUT2D eigenvalue weighted by Crippen LogP contribution is -2.16. The SMILES string of the molecule is CC(C)Oc1ccc(C(CC(=O)Nc2ccc(Cl)cc2)c2ccccc2)cc1. The Morgan fingerprint density at radius 1 is 0.893 bits per heavy atom. The zero-order chi connectivity index (χ0) is 19.9. The number of benzene rings is 3. The Kier molecular flexibility index (Phi) is 6.72. The molecule has 3 nitrogen and oxygen atoms in total. The van der Waals surface area contributed by atoms with Crippen molar-refractivity contribution in [3.8, 4) is 5.75 Å². The van der Waals surface area contributed by atoms with Crippen LogP contribution in [0.5, 0.6) is 5.75 Å². The smallest absolute Gasteiger partial charge is 0.225 e. The molecule has 3 aromatic rings. The van der Waals surface area contributed by atoms with E-state index in [0.717, 1.165) is 22.6 Å². The van der Waals surface area contributed by atoms with Crippen molar-refractivity contribution in [1.82, 2.24) is 0 Å². The van der Waals surface area contributed by atoms with Crippen molar-refractivity contribution >= 4 is 23.2 Å². The lowest BCUT2D eigenvalue weighted by Gasteiger charge is -2.19. The standard InChI is InChI=1S/C24H24ClNO2/c1-17(2)28-22-14-8-19(9-15-22)23(18-6-4-3-5-7-18)16-24(27)26-21-12-10-20(25)11-13-21/h3-15,17,23H,16H2,1-2H3,(H,26,27). The second-order valence-corrected chi connectivity index (χ2v) is 7.39. The Balaban J connectivity index is 1.79. The van der Waals surface area contributed by atoms with Gasteiger partial charge in [-0.3, -0.25) is 4.79 Å². The Bertz CT molecular complexity index is 890. The van der Waals surface area contributed by atoms with Gasteiger partial charge in [-0.1, -0.05) is 54.1 Å². The number of rotatable bonds is 7. The largest absolute Gasteiger partial charge is 0.491 e. The third-order valence-corrected chi connectivity index (χ3v) is 4.63. The number of hydrogen-bond acceptors (Lipinski definition) is 2. The van der Waals surface area contributed by atoms with Gasteiger partial charge in [-0.25, -0.2) is 0 Å². The van der Waals surface area contributed by atoms with Crippen LogP contribution in [0.15, 0.2) is 78.9 Å². The molecule has 0 saturated heterocycles. The van der Waals surface area contributed by atoms with E-state index in [9.17, 15) is 4.79 Å². The molecule has 1 unspecified atom stereocenters. The predicted molar refractivity (Wildman–Crippen MR) is 115 cm³/mol. The van der Waals surface area contributed by atoms with E-state index in [1.807, 2.05) is 56.3 Å². The average molecular weight is 394 g/mol. The van der Waals surface area contributed by atoms with Crippen molar-refractivity contribution in [3.63, 3.8) is 0 Å². The second kappa shape index (κ2) is 9.43. The van der Waals surface area contributed by atoms with Crippen LogP contribution in [0.25, 0.3) is 0 Å². The first kappa shape index (κ1) is 20.0. The third kappa shape index (κ3) is 5.61. The molecule has 0 saturated carbocycles. The zero-order valence-corrected chi connectivity index (χ0v) is 16.8. The van der Waals surface area contributed by atoms with Gasteiger partial charge in [-0.15, -0.1) is 0 Å².